The SMILES string of the molecule is Fc1cccc(OCc2cnn(-c3ccccc3)c2)c1. The van der Waals surface area contributed by atoms with Gasteiger partial charge in [-0.25, -0.2) is 9.07 Å². The number of benzene rings is 2. The van der Waals surface area contributed by atoms with Crippen LogP contribution in [-0.4, -0.2) is 9.78 Å². The first-order valence-electron chi connectivity index (χ1n) is 6.28. The van der Waals surface area contributed by atoms with Gasteiger partial charge in [-0.3, -0.25) is 0 Å². The van der Waals surface area contributed by atoms with Crippen LogP contribution in [0.2, 0.25) is 0 Å². The van der Waals surface area contributed by atoms with Crippen LogP contribution in [0.5, 0.6) is 5.75 Å². The summed E-state index contributed by atoms with van der Waals surface area (Å²) in [4.78, 5) is 0. The Labute approximate surface area is 116 Å². The number of rotatable bonds is 4. The molecular formula is C16H13FN2O. The van der Waals surface area contributed by atoms with Crippen molar-refractivity contribution in [2.24, 2.45) is 0 Å². The minimum Gasteiger partial charge on any atom is -0.489 e. The maximum Gasteiger partial charge on any atom is 0.126 e. The third kappa shape index (κ3) is 2.85. The molecule has 3 rings (SSSR count). The predicted molar refractivity (Wildman–Crippen MR) is 74.3 cm³/mol. The number of nitrogens with zero attached hydrogens (tertiary/aromatic N) is 2. The lowest BCUT2D eigenvalue weighted by Crippen LogP contribution is -1.95. The lowest BCUT2D eigenvalue weighted by atomic mass is 10.3. The lowest BCUT2D eigenvalue weighted by molar-refractivity contribution is 0.304. The summed E-state index contributed by atoms with van der Waals surface area (Å²) in [5.41, 5.74) is 1.92. The van der Waals surface area contributed by atoms with E-state index < -0.39 is 0 Å². The summed E-state index contributed by atoms with van der Waals surface area (Å²) in [5.74, 6) is 0.208. The van der Waals surface area contributed by atoms with Crippen LogP contribution in [0.25, 0.3) is 5.69 Å². The van der Waals surface area contributed by atoms with E-state index in [-0.39, 0.29) is 5.82 Å². The van der Waals surface area contributed by atoms with Crippen LogP contribution in [0.3, 0.4) is 0 Å². The Morgan fingerprint density at radius 1 is 1.05 bits per heavy atom. The average molecular weight is 268 g/mol. The van der Waals surface area contributed by atoms with Crippen LogP contribution in [0.4, 0.5) is 4.39 Å². The molecule has 3 aromatic rings. The molecule has 0 atom stereocenters. The van der Waals surface area contributed by atoms with Gasteiger partial charge in [-0.05, 0) is 24.3 Å². The monoisotopic (exact) mass is 268 g/mol. The van der Waals surface area contributed by atoms with Crippen molar-refractivity contribution in [2.75, 3.05) is 0 Å². The highest BCUT2D eigenvalue weighted by atomic mass is 19.1. The van der Waals surface area contributed by atoms with Crippen molar-refractivity contribution in [1.29, 1.82) is 0 Å². The first-order chi connectivity index (χ1) is 9.81. The van der Waals surface area contributed by atoms with Crippen molar-refractivity contribution in [2.45, 2.75) is 6.61 Å². The van der Waals surface area contributed by atoms with E-state index in [0.717, 1.165) is 11.3 Å². The van der Waals surface area contributed by atoms with Crippen molar-refractivity contribution in [3.05, 3.63) is 78.4 Å². The fourth-order valence-corrected chi connectivity index (χ4v) is 1.88. The highest BCUT2D eigenvalue weighted by Crippen LogP contribution is 2.14. The van der Waals surface area contributed by atoms with E-state index in [1.165, 1.54) is 12.1 Å². The van der Waals surface area contributed by atoms with Gasteiger partial charge in [0, 0.05) is 17.8 Å². The fraction of sp³-hybridized carbons (Fsp3) is 0.0625. The summed E-state index contributed by atoms with van der Waals surface area (Å²) in [6.45, 7) is 0.357. The molecule has 2 aromatic carbocycles. The minimum atomic E-state index is -0.303. The van der Waals surface area contributed by atoms with E-state index >= 15 is 0 Å². The van der Waals surface area contributed by atoms with Gasteiger partial charge in [0.1, 0.15) is 18.2 Å². The topological polar surface area (TPSA) is 27.1 Å². The van der Waals surface area contributed by atoms with E-state index in [9.17, 15) is 4.39 Å². The molecule has 1 aromatic heterocycles. The molecule has 3 nitrogen and oxygen atoms in total. The summed E-state index contributed by atoms with van der Waals surface area (Å²) in [6.07, 6.45) is 3.64. The van der Waals surface area contributed by atoms with Gasteiger partial charge >= 0.3 is 0 Å². The summed E-state index contributed by atoms with van der Waals surface area (Å²) < 4.78 is 20.3. The molecule has 0 bridgehead atoms. The molecule has 0 aliphatic heterocycles. The molecule has 0 unspecified atom stereocenters. The van der Waals surface area contributed by atoms with Gasteiger partial charge in [0.2, 0.25) is 0 Å². The van der Waals surface area contributed by atoms with E-state index in [4.69, 9.17) is 4.74 Å². The Hall–Kier alpha value is -2.62. The smallest absolute Gasteiger partial charge is 0.126 e. The zero-order valence-corrected chi connectivity index (χ0v) is 10.7. The third-order valence-corrected chi connectivity index (χ3v) is 2.86. The lowest BCUT2D eigenvalue weighted by Gasteiger charge is -2.04. The summed E-state index contributed by atoms with van der Waals surface area (Å²) in [6, 6.07) is 15.9. The summed E-state index contributed by atoms with van der Waals surface area (Å²) in [7, 11) is 0. The molecule has 0 spiro atoms. The highest BCUT2D eigenvalue weighted by molar-refractivity contribution is 5.31. The Balaban J connectivity index is 1.69. The first kappa shape index (κ1) is 12.4. The van der Waals surface area contributed by atoms with Crippen molar-refractivity contribution in [3.63, 3.8) is 0 Å². The van der Waals surface area contributed by atoms with E-state index in [0.29, 0.717) is 12.4 Å². The molecule has 0 aliphatic rings. The molecule has 0 saturated carbocycles. The van der Waals surface area contributed by atoms with Gasteiger partial charge in [0.25, 0.3) is 0 Å². The van der Waals surface area contributed by atoms with Gasteiger partial charge in [0.05, 0.1) is 11.9 Å². The quantitative estimate of drug-likeness (QED) is 0.723. The second-order valence-corrected chi connectivity index (χ2v) is 4.37. The number of ether oxygens (including phenoxy) is 1. The molecule has 4 heteroatoms. The van der Waals surface area contributed by atoms with Crippen LogP contribution in [0, 0.1) is 5.82 Å². The van der Waals surface area contributed by atoms with Gasteiger partial charge < -0.3 is 4.74 Å². The number of hydrogen-bond acceptors (Lipinski definition) is 2. The summed E-state index contributed by atoms with van der Waals surface area (Å²) in [5, 5.41) is 4.28. The number of hydrogen-bond donors (Lipinski definition) is 0. The maximum atomic E-state index is 13.0. The molecule has 1 heterocycles. The first-order valence-corrected chi connectivity index (χ1v) is 6.28. The van der Waals surface area contributed by atoms with Crippen LogP contribution in [-0.2, 0) is 6.61 Å². The Morgan fingerprint density at radius 2 is 1.90 bits per heavy atom. The number of para-hydroxylation sites is 1. The molecular weight excluding hydrogens is 255 g/mol. The van der Waals surface area contributed by atoms with E-state index in [1.54, 1.807) is 23.0 Å². The predicted octanol–water partition coefficient (Wildman–Crippen LogP) is 3.59. The van der Waals surface area contributed by atoms with Crippen molar-refractivity contribution in [3.8, 4) is 11.4 Å². The van der Waals surface area contributed by atoms with E-state index in [1.807, 2.05) is 36.5 Å². The maximum absolute atomic E-state index is 13.0. The molecule has 0 amide bonds. The van der Waals surface area contributed by atoms with E-state index in [2.05, 4.69) is 5.10 Å². The molecule has 0 N–H and O–H groups in total. The van der Waals surface area contributed by atoms with Gasteiger partial charge in [0.15, 0.2) is 0 Å². The normalized spacial score (nSPS) is 10.4. The molecule has 0 fully saturated rings. The highest BCUT2D eigenvalue weighted by Gasteiger charge is 2.02. The number of aromatic nitrogens is 2. The molecule has 0 radical (unpaired) electrons. The molecule has 20 heavy (non-hydrogen) atoms. The van der Waals surface area contributed by atoms with Crippen LogP contribution >= 0.6 is 0 Å². The molecule has 0 aliphatic carbocycles. The van der Waals surface area contributed by atoms with Crippen LogP contribution in [0.1, 0.15) is 5.56 Å². The molecule has 0 saturated heterocycles. The molecule has 100 valence electrons. The fourth-order valence-electron chi connectivity index (χ4n) is 1.88. The Kier molecular flexibility index (Phi) is 3.46. The van der Waals surface area contributed by atoms with Crippen molar-refractivity contribution in [1.82, 2.24) is 9.78 Å². The van der Waals surface area contributed by atoms with Crippen LogP contribution in [0.15, 0.2) is 67.0 Å². The zero-order valence-electron chi connectivity index (χ0n) is 10.7. The standard InChI is InChI=1S/C16H13FN2O/c17-14-5-4-8-16(9-14)20-12-13-10-18-19(11-13)15-6-2-1-3-7-15/h1-11H,12H2. The van der Waals surface area contributed by atoms with Crippen LogP contribution < -0.4 is 4.74 Å². The van der Waals surface area contributed by atoms with Gasteiger partial charge in [-0.1, -0.05) is 24.3 Å². The van der Waals surface area contributed by atoms with Gasteiger partial charge in [-0.15, -0.1) is 0 Å². The number of halogens is 1. The summed E-state index contributed by atoms with van der Waals surface area (Å²) >= 11 is 0. The third-order valence-electron chi connectivity index (χ3n) is 2.86. The Morgan fingerprint density at radius 3 is 2.70 bits per heavy atom. The minimum absolute atomic E-state index is 0.303. The Bertz CT molecular complexity index is 694. The average Bonchev–Trinajstić information content (AvgIpc) is 2.95. The van der Waals surface area contributed by atoms with Crippen molar-refractivity contribution < 1.29 is 9.13 Å². The van der Waals surface area contributed by atoms with Gasteiger partial charge in [-0.2, -0.15) is 5.10 Å². The zero-order chi connectivity index (χ0) is 13.8. The second-order valence-electron chi connectivity index (χ2n) is 4.37. The largest absolute Gasteiger partial charge is 0.489 e. The second kappa shape index (κ2) is 5.57. The van der Waals surface area contributed by atoms with Crippen molar-refractivity contribution >= 4 is 0 Å².